The van der Waals surface area contributed by atoms with Gasteiger partial charge in [0.25, 0.3) is 0 Å². The Hall–Kier alpha value is -3.38. The second-order valence-corrected chi connectivity index (χ2v) is 19.6. The van der Waals surface area contributed by atoms with Gasteiger partial charge in [0.1, 0.15) is 0 Å². The predicted molar refractivity (Wildman–Crippen MR) is 204 cm³/mol. The molecule has 0 aromatic heterocycles. The van der Waals surface area contributed by atoms with E-state index in [2.05, 4.69) is 172 Å². The summed E-state index contributed by atoms with van der Waals surface area (Å²) in [6, 6.07) is 38.5. The number of hydrogen-bond acceptors (Lipinski definition) is 4. The molecule has 4 aromatic carbocycles. The second kappa shape index (κ2) is 16.3. The molecule has 45 heavy (non-hydrogen) atoms. The Morgan fingerprint density at radius 1 is 0.289 bits per heavy atom. The quantitative estimate of drug-likeness (QED) is 0.128. The standard InChI is InChI=1S/C40H56GeN4/c1-9-42(10-2)37-25-17-33(18-26-37)41(34-19-27-38(28-20-34)43(11-3)12-4,35-21-29-39(30-22-35)44(13-5)14-6)36-23-31-40(32-24-36)45(15-7)16-8/h17-32H,9-16H2,1-8H3. The van der Waals surface area contributed by atoms with Gasteiger partial charge >= 0.3 is 278 Å². The maximum absolute atomic E-state index is 3.45. The van der Waals surface area contributed by atoms with E-state index in [0.29, 0.717) is 0 Å². The molecule has 4 nitrogen and oxygen atoms in total. The Bertz CT molecular complexity index is 1190. The molecule has 0 saturated carbocycles. The molecule has 0 spiro atoms. The number of anilines is 4. The van der Waals surface area contributed by atoms with Crippen LogP contribution in [0.1, 0.15) is 55.4 Å². The van der Waals surface area contributed by atoms with Crippen molar-refractivity contribution < 1.29 is 0 Å². The molecule has 4 rings (SSSR count). The number of hydrogen-bond donors (Lipinski definition) is 0. The van der Waals surface area contributed by atoms with Gasteiger partial charge in [-0.2, -0.15) is 0 Å². The third-order valence-corrected chi connectivity index (χ3v) is 19.8. The average Bonchev–Trinajstić information content (AvgIpc) is 3.10. The Labute approximate surface area is 277 Å². The molecular weight excluding hydrogens is 609 g/mol. The van der Waals surface area contributed by atoms with Crippen LogP contribution in [0, 0.1) is 0 Å². The van der Waals surface area contributed by atoms with Crippen molar-refractivity contribution in [3.63, 3.8) is 0 Å². The topological polar surface area (TPSA) is 13.0 Å². The first-order valence-corrected chi connectivity index (χ1v) is 21.6. The van der Waals surface area contributed by atoms with Gasteiger partial charge in [0.05, 0.1) is 0 Å². The minimum absolute atomic E-state index is 1.01. The molecule has 5 heteroatoms. The van der Waals surface area contributed by atoms with Gasteiger partial charge in [0.2, 0.25) is 0 Å². The number of benzene rings is 4. The first kappa shape index (κ1) is 34.5. The molecule has 0 fully saturated rings. The van der Waals surface area contributed by atoms with Crippen molar-refractivity contribution in [2.24, 2.45) is 0 Å². The Kier molecular flexibility index (Phi) is 12.5. The molecule has 0 radical (unpaired) electrons. The second-order valence-electron chi connectivity index (χ2n) is 11.6. The summed E-state index contributed by atoms with van der Waals surface area (Å²) in [5.41, 5.74) is 5.19. The van der Waals surface area contributed by atoms with Crippen molar-refractivity contribution in [1.82, 2.24) is 0 Å². The molecule has 0 saturated heterocycles. The van der Waals surface area contributed by atoms with Gasteiger partial charge in [-0.3, -0.25) is 0 Å². The fourth-order valence-corrected chi connectivity index (χ4v) is 16.8. The molecule has 0 aliphatic carbocycles. The van der Waals surface area contributed by atoms with E-state index in [1.807, 2.05) is 0 Å². The van der Waals surface area contributed by atoms with Gasteiger partial charge < -0.3 is 0 Å². The molecule has 240 valence electrons. The normalized spacial score (nSPS) is 11.4. The third kappa shape index (κ3) is 7.06. The molecule has 0 atom stereocenters. The summed E-state index contributed by atoms with van der Waals surface area (Å²) in [5, 5.41) is 0. The summed E-state index contributed by atoms with van der Waals surface area (Å²) < 4.78 is 5.86. The molecule has 0 unspecified atom stereocenters. The van der Waals surface area contributed by atoms with Gasteiger partial charge in [0.15, 0.2) is 0 Å². The molecule has 0 amide bonds. The maximum atomic E-state index is 2.45. The van der Waals surface area contributed by atoms with E-state index in [-0.39, 0.29) is 0 Å². The summed E-state index contributed by atoms with van der Waals surface area (Å²) in [6.07, 6.45) is 0. The van der Waals surface area contributed by atoms with E-state index in [0.717, 1.165) is 52.4 Å². The van der Waals surface area contributed by atoms with E-state index in [9.17, 15) is 0 Å². The van der Waals surface area contributed by atoms with Crippen molar-refractivity contribution in [2.45, 2.75) is 55.4 Å². The van der Waals surface area contributed by atoms with E-state index < -0.39 is 13.3 Å². The van der Waals surface area contributed by atoms with Gasteiger partial charge in [-0.25, -0.2) is 0 Å². The molecule has 0 bridgehead atoms. The first-order valence-electron chi connectivity index (χ1n) is 17.4. The Morgan fingerprint density at radius 2 is 0.444 bits per heavy atom. The van der Waals surface area contributed by atoms with Crippen LogP contribution in [0.2, 0.25) is 0 Å². The molecule has 0 aliphatic rings. The van der Waals surface area contributed by atoms with Gasteiger partial charge in [-0.05, 0) is 0 Å². The van der Waals surface area contributed by atoms with Crippen molar-refractivity contribution in [3.8, 4) is 0 Å². The van der Waals surface area contributed by atoms with Crippen LogP contribution in [0.5, 0.6) is 0 Å². The SMILES string of the molecule is CCN(CC)c1cc[c]([Ge]([c]2ccc(N(CC)CC)cc2)([c]2ccc(N(CC)CC)cc2)[c]2ccc(N(CC)CC)cc2)cc1. The zero-order valence-corrected chi connectivity index (χ0v) is 31.3. The monoisotopic (exact) mass is 666 g/mol. The summed E-state index contributed by atoms with van der Waals surface area (Å²) in [5.74, 6) is 0. The summed E-state index contributed by atoms with van der Waals surface area (Å²) in [4.78, 5) is 9.76. The first-order chi connectivity index (χ1) is 21.9. The zero-order chi connectivity index (χ0) is 32.4. The molecule has 0 aliphatic heterocycles. The van der Waals surface area contributed by atoms with E-state index >= 15 is 0 Å². The van der Waals surface area contributed by atoms with Crippen molar-refractivity contribution in [1.29, 1.82) is 0 Å². The van der Waals surface area contributed by atoms with Gasteiger partial charge in [-0.1, -0.05) is 0 Å². The summed E-state index contributed by atoms with van der Waals surface area (Å²) >= 11 is -3.45. The Balaban J connectivity index is 2.03. The van der Waals surface area contributed by atoms with E-state index in [1.54, 1.807) is 0 Å². The zero-order valence-electron chi connectivity index (χ0n) is 29.2. The third-order valence-electron chi connectivity index (χ3n) is 9.72. The summed E-state index contributed by atoms with van der Waals surface area (Å²) in [7, 11) is 0. The minimum atomic E-state index is -3.45. The molecular formula is C40H56GeN4. The van der Waals surface area contributed by atoms with Crippen LogP contribution in [0.4, 0.5) is 22.7 Å². The van der Waals surface area contributed by atoms with Crippen molar-refractivity contribution in [3.05, 3.63) is 97.1 Å². The van der Waals surface area contributed by atoms with Crippen LogP contribution in [-0.4, -0.2) is 65.6 Å². The number of rotatable bonds is 16. The van der Waals surface area contributed by atoms with Crippen LogP contribution in [-0.2, 0) is 0 Å². The van der Waals surface area contributed by atoms with Crippen LogP contribution in [0.25, 0.3) is 0 Å². The van der Waals surface area contributed by atoms with Crippen LogP contribution in [0.15, 0.2) is 97.1 Å². The summed E-state index contributed by atoms with van der Waals surface area (Å²) in [6.45, 7) is 26.0. The molecule has 0 N–H and O–H groups in total. The fourth-order valence-electron chi connectivity index (χ4n) is 7.04. The van der Waals surface area contributed by atoms with E-state index in [4.69, 9.17) is 0 Å². The predicted octanol–water partition coefficient (Wildman–Crippen LogP) is 6.45. The fraction of sp³-hybridized carbons (Fsp3) is 0.400. The van der Waals surface area contributed by atoms with Crippen molar-refractivity contribution in [2.75, 3.05) is 72.0 Å². The number of nitrogens with zero attached hydrogens (tertiary/aromatic N) is 4. The molecule has 4 aromatic rings. The van der Waals surface area contributed by atoms with Crippen LogP contribution >= 0.6 is 0 Å². The van der Waals surface area contributed by atoms with Crippen LogP contribution < -0.4 is 37.2 Å². The van der Waals surface area contributed by atoms with Gasteiger partial charge in [-0.15, -0.1) is 0 Å². The van der Waals surface area contributed by atoms with E-state index in [1.165, 1.54) is 40.3 Å². The Morgan fingerprint density at radius 3 is 0.578 bits per heavy atom. The molecule has 0 heterocycles. The average molecular weight is 666 g/mol. The van der Waals surface area contributed by atoms with Crippen molar-refractivity contribution >= 4 is 53.6 Å². The van der Waals surface area contributed by atoms with Gasteiger partial charge in [0, 0.05) is 0 Å². The van der Waals surface area contributed by atoms with Crippen LogP contribution in [0.3, 0.4) is 0 Å².